The van der Waals surface area contributed by atoms with Crippen LogP contribution >= 0.6 is 0 Å². The first-order chi connectivity index (χ1) is 8.31. The van der Waals surface area contributed by atoms with Crippen LogP contribution in [0.2, 0.25) is 0 Å². The smallest absolute Gasteiger partial charge is 0.188 e. The highest BCUT2D eigenvalue weighted by molar-refractivity contribution is 5.78. The molecule has 0 aromatic rings. The number of hydrogen-bond donors (Lipinski definition) is 2. The molecule has 0 radical (unpaired) electrons. The molecule has 4 aliphatic rings. The molecule has 3 heteroatoms. The largest absolute Gasteiger partial charge is 0.370 e. The first kappa shape index (κ1) is 11.1. The number of aliphatic imine (C=N–C) groups is 1. The van der Waals surface area contributed by atoms with Crippen LogP contribution in [0.3, 0.4) is 0 Å². The number of fused-ring (bicyclic) bond motifs is 2. The van der Waals surface area contributed by atoms with E-state index in [0.29, 0.717) is 12.0 Å². The zero-order chi connectivity index (χ0) is 11.7. The van der Waals surface area contributed by atoms with Crippen LogP contribution in [0.1, 0.15) is 38.5 Å². The monoisotopic (exact) mass is 233 g/mol. The summed E-state index contributed by atoms with van der Waals surface area (Å²) < 4.78 is 0. The van der Waals surface area contributed by atoms with Crippen LogP contribution in [0.15, 0.2) is 17.1 Å². The molecule has 0 aliphatic heterocycles. The van der Waals surface area contributed by atoms with Gasteiger partial charge in [-0.2, -0.15) is 0 Å². The van der Waals surface area contributed by atoms with E-state index in [9.17, 15) is 0 Å². The van der Waals surface area contributed by atoms with Crippen LogP contribution < -0.4 is 11.1 Å². The normalized spacial score (nSPS) is 36.9. The topological polar surface area (TPSA) is 50.4 Å². The van der Waals surface area contributed by atoms with Gasteiger partial charge in [0, 0.05) is 12.6 Å². The highest BCUT2D eigenvalue weighted by Crippen LogP contribution is 2.40. The maximum atomic E-state index is 5.92. The van der Waals surface area contributed by atoms with Gasteiger partial charge in [0.05, 0.1) is 0 Å². The maximum absolute atomic E-state index is 5.92. The minimum Gasteiger partial charge on any atom is -0.370 e. The van der Waals surface area contributed by atoms with E-state index in [1.54, 1.807) is 0 Å². The van der Waals surface area contributed by atoms with Crippen molar-refractivity contribution in [2.24, 2.45) is 28.5 Å². The summed E-state index contributed by atoms with van der Waals surface area (Å²) in [5.41, 5.74) is 5.92. The van der Waals surface area contributed by atoms with E-state index in [1.165, 1.54) is 38.5 Å². The Hall–Kier alpha value is -0.990. The van der Waals surface area contributed by atoms with Crippen LogP contribution in [0.5, 0.6) is 0 Å². The second-order valence-corrected chi connectivity index (χ2v) is 5.88. The summed E-state index contributed by atoms with van der Waals surface area (Å²) in [4.78, 5) is 4.54. The number of hydrogen-bond acceptors (Lipinski definition) is 1. The molecule has 4 aliphatic carbocycles. The van der Waals surface area contributed by atoms with E-state index >= 15 is 0 Å². The maximum Gasteiger partial charge on any atom is 0.188 e. The van der Waals surface area contributed by atoms with Crippen molar-refractivity contribution in [1.82, 2.24) is 5.32 Å². The van der Waals surface area contributed by atoms with Crippen molar-refractivity contribution in [2.45, 2.75) is 44.6 Å². The summed E-state index contributed by atoms with van der Waals surface area (Å²) in [5.74, 6) is 2.99. The number of guanidine groups is 1. The summed E-state index contributed by atoms with van der Waals surface area (Å²) in [6.07, 6.45) is 12.7. The van der Waals surface area contributed by atoms with Crippen molar-refractivity contribution in [3.63, 3.8) is 0 Å². The van der Waals surface area contributed by atoms with Gasteiger partial charge in [-0.15, -0.1) is 0 Å². The highest BCUT2D eigenvalue weighted by Gasteiger charge is 2.31. The van der Waals surface area contributed by atoms with Gasteiger partial charge >= 0.3 is 0 Å². The van der Waals surface area contributed by atoms with Gasteiger partial charge in [-0.1, -0.05) is 12.2 Å². The van der Waals surface area contributed by atoms with Crippen molar-refractivity contribution in [3.8, 4) is 0 Å². The Balaban J connectivity index is 1.50. The van der Waals surface area contributed by atoms with Gasteiger partial charge in [-0.25, -0.2) is 0 Å². The molecule has 0 saturated heterocycles. The number of nitrogens with zero attached hydrogens (tertiary/aromatic N) is 1. The van der Waals surface area contributed by atoms with Gasteiger partial charge in [0.2, 0.25) is 0 Å². The average molecular weight is 233 g/mol. The summed E-state index contributed by atoms with van der Waals surface area (Å²) in [5, 5.41) is 3.31. The Morgan fingerprint density at radius 3 is 2.65 bits per heavy atom. The van der Waals surface area contributed by atoms with Crippen molar-refractivity contribution in [3.05, 3.63) is 12.2 Å². The lowest BCUT2D eigenvalue weighted by atomic mass is 9.69. The molecule has 0 aromatic carbocycles. The summed E-state index contributed by atoms with van der Waals surface area (Å²) in [6, 6.07) is 0.599. The third kappa shape index (κ3) is 2.48. The molecule has 3 N–H and O–H groups in total. The number of rotatable bonds is 3. The first-order valence-corrected chi connectivity index (χ1v) is 7.06. The molecule has 0 spiro atoms. The number of nitrogens with one attached hydrogen (secondary N) is 1. The Kier molecular flexibility index (Phi) is 3.08. The number of allylic oxidation sites excluding steroid dienone is 2. The third-order valence-corrected chi connectivity index (χ3v) is 4.67. The Morgan fingerprint density at radius 1 is 1.24 bits per heavy atom. The Labute approximate surface area is 104 Å². The summed E-state index contributed by atoms with van der Waals surface area (Å²) in [6.45, 7) is 0.914. The van der Waals surface area contributed by atoms with Crippen molar-refractivity contribution in [1.29, 1.82) is 0 Å². The first-order valence-electron chi connectivity index (χ1n) is 7.06. The molecular weight excluding hydrogens is 210 g/mol. The van der Waals surface area contributed by atoms with Crippen LogP contribution in [0.25, 0.3) is 0 Å². The predicted octanol–water partition coefficient (Wildman–Crippen LogP) is 2.05. The fourth-order valence-corrected chi connectivity index (χ4v) is 3.28. The van der Waals surface area contributed by atoms with E-state index in [-0.39, 0.29) is 0 Å². The molecule has 3 atom stereocenters. The van der Waals surface area contributed by atoms with Crippen LogP contribution in [-0.2, 0) is 0 Å². The van der Waals surface area contributed by atoms with Crippen LogP contribution in [-0.4, -0.2) is 18.5 Å². The molecule has 94 valence electrons. The standard InChI is InChI=1S/C14H23N3/c15-14(17-13-2-1-3-13)16-9-12-8-10-4-6-11(12)7-5-10/h4,6,10-13H,1-3,5,7-9H2,(H3,15,16,17). The fourth-order valence-electron chi connectivity index (χ4n) is 3.28. The fraction of sp³-hybridized carbons (Fsp3) is 0.786. The lowest BCUT2D eigenvalue weighted by Crippen LogP contribution is -2.44. The molecule has 2 fully saturated rings. The molecule has 0 heterocycles. The minimum atomic E-state index is 0.599. The van der Waals surface area contributed by atoms with E-state index in [0.717, 1.165) is 24.3 Å². The Morgan fingerprint density at radius 2 is 2.12 bits per heavy atom. The van der Waals surface area contributed by atoms with Gasteiger partial charge in [0.1, 0.15) is 0 Å². The molecule has 17 heavy (non-hydrogen) atoms. The molecule has 0 amide bonds. The molecular formula is C14H23N3. The molecule has 3 nitrogen and oxygen atoms in total. The van der Waals surface area contributed by atoms with Crippen molar-refractivity contribution < 1.29 is 0 Å². The summed E-state index contributed by atoms with van der Waals surface area (Å²) in [7, 11) is 0. The van der Waals surface area contributed by atoms with E-state index in [1.807, 2.05) is 0 Å². The van der Waals surface area contributed by atoms with Crippen molar-refractivity contribution in [2.75, 3.05) is 6.54 Å². The lowest BCUT2D eigenvalue weighted by Gasteiger charge is -2.37. The van der Waals surface area contributed by atoms with Gasteiger partial charge in [0.15, 0.2) is 5.96 Å². The second kappa shape index (κ2) is 4.71. The second-order valence-electron chi connectivity index (χ2n) is 5.88. The molecule has 2 bridgehead atoms. The lowest BCUT2D eigenvalue weighted by molar-refractivity contribution is 0.227. The van der Waals surface area contributed by atoms with Gasteiger partial charge < -0.3 is 11.1 Å². The van der Waals surface area contributed by atoms with Gasteiger partial charge in [-0.3, -0.25) is 4.99 Å². The molecule has 2 saturated carbocycles. The average Bonchev–Trinajstić information content (AvgIpc) is 2.33. The molecule has 0 aromatic heterocycles. The van der Waals surface area contributed by atoms with Crippen LogP contribution in [0, 0.1) is 17.8 Å². The van der Waals surface area contributed by atoms with E-state index in [2.05, 4.69) is 22.5 Å². The van der Waals surface area contributed by atoms with Gasteiger partial charge in [0.25, 0.3) is 0 Å². The molecule has 3 unspecified atom stereocenters. The highest BCUT2D eigenvalue weighted by atomic mass is 15.1. The number of nitrogens with two attached hydrogens (primary N) is 1. The van der Waals surface area contributed by atoms with E-state index in [4.69, 9.17) is 5.73 Å². The van der Waals surface area contributed by atoms with Gasteiger partial charge in [-0.05, 0) is 56.3 Å². The van der Waals surface area contributed by atoms with Crippen LogP contribution in [0.4, 0.5) is 0 Å². The van der Waals surface area contributed by atoms with E-state index < -0.39 is 0 Å². The third-order valence-electron chi connectivity index (χ3n) is 4.67. The zero-order valence-electron chi connectivity index (χ0n) is 10.4. The summed E-state index contributed by atoms with van der Waals surface area (Å²) >= 11 is 0. The SMILES string of the molecule is NC(=NCC1CC2C=CC1CC2)NC1CCC1. The predicted molar refractivity (Wildman–Crippen MR) is 70.7 cm³/mol. The quantitative estimate of drug-likeness (QED) is 0.445. The Bertz CT molecular complexity index is 330. The van der Waals surface area contributed by atoms with Crippen molar-refractivity contribution >= 4 is 5.96 Å². The molecule has 4 rings (SSSR count). The zero-order valence-corrected chi connectivity index (χ0v) is 10.4. The minimum absolute atomic E-state index is 0.599.